The smallest absolute Gasteiger partial charge is 0.309 e. The Morgan fingerprint density at radius 2 is 1.23 bits per heavy atom. The van der Waals surface area contributed by atoms with E-state index in [1.807, 2.05) is 0 Å². The van der Waals surface area contributed by atoms with Gasteiger partial charge in [0.15, 0.2) is 8.32 Å². The third-order valence-electron chi connectivity index (χ3n) is 4.61. The SMILES string of the molecule is C[Si](C)(C)NC(CC(CCN([Si](C)(C)C)[Si](C)(C)C)O[Si](C)(C)C)C(=O)O[Si](C)(C)C. The van der Waals surface area contributed by atoms with Gasteiger partial charge in [-0.05, 0) is 58.7 Å². The Morgan fingerprint density at radius 3 is 1.55 bits per heavy atom. The van der Waals surface area contributed by atoms with Gasteiger partial charge >= 0.3 is 5.97 Å². The average molecular weight is 523 g/mol. The fraction of sp³-hybridized carbons (Fsp3) is 0.952. The summed E-state index contributed by atoms with van der Waals surface area (Å²) in [5.41, 5.74) is 0. The molecular weight excluding hydrogens is 469 g/mol. The Kier molecular flexibility index (Phi) is 11.4. The molecule has 0 fully saturated rings. The molecular formula is C21H54N2O3Si5. The summed E-state index contributed by atoms with van der Waals surface area (Å²) in [5, 5.41) is 0. The van der Waals surface area contributed by atoms with E-state index < -0.39 is 41.3 Å². The average Bonchev–Trinajstić information content (AvgIpc) is 2.38. The molecule has 2 atom stereocenters. The summed E-state index contributed by atoms with van der Waals surface area (Å²) >= 11 is 0. The number of carbonyl (C=O) groups excluding carboxylic acids is 1. The Morgan fingerprint density at radius 1 is 0.774 bits per heavy atom. The summed E-state index contributed by atoms with van der Waals surface area (Å²) in [6.45, 7) is 35.4. The molecule has 0 radical (unpaired) electrons. The first-order chi connectivity index (χ1) is 13.4. The van der Waals surface area contributed by atoms with Gasteiger partial charge in [-0.25, -0.2) is 0 Å². The summed E-state index contributed by atoms with van der Waals surface area (Å²) in [6, 6.07) is -0.285. The molecule has 0 aromatic carbocycles. The van der Waals surface area contributed by atoms with Crippen LogP contribution in [0.15, 0.2) is 0 Å². The van der Waals surface area contributed by atoms with Crippen molar-refractivity contribution in [2.45, 2.75) is 123 Å². The van der Waals surface area contributed by atoms with Gasteiger partial charge in [0.05, 0.1) is 0 Å². The van der Waals surface area contributed by atoms with Crippen molar-refractivity contribution in [1.82, 2.24) is 9.21 Å². The van der Waals surface area contributed by atoms with Crippen molar-refractivity contribution >= 4 is 47.3 Å². The molecule has 10 heteroatoms. The Balaban J connectivity index is 5.71. The molecule has 5 nitrogen and oxygen atoms in total. The van der Waals surface area contributed by atoms with Crippen LogP contribution in [-0.4, -0.2) is 70.2 Å². The molecule has 0 heterocycles. The zero-order valence-electron chi connectivity index (χ0n) is 23.4. The van der Waals surface area contributed by atoms with Gasteiger partial charge in [0.25, 0.3) is 0 Å². The van der Waals surface area contributed by atoms with E-state index in [1.54, 1.807) is 0 Å². The molecule has 0 amide bonds. The molecule has 0 aliphatic rings. The lowest BCUT2D eigenvalue weighted by molar-refractivity contribution is -0.137. The lowest BCUT2D eigenvalue weighted by atomic mass is 10.1. The Labute approximate surface area is 199 Å². The van der Waals surface area contributed by atoms with Crippen molar-refractivity contribution < 1.29 is 13.6 Å². The molecule has 0 saturated heterocycles. The van der Waals surface area contributed by atoms with Crippen LogP contribution in [0, 0.1) is 0 Å². The first kappa shape index (κ1) is 31.4. The fourth-order valence-electron chi connectivity index (χ4n) is 4.05. The third kappa shape index (κ3) is 15.1. The summed E-state index contributed by atoms with van der Waals surface area (Å²) < 4.78 is 15.4. The predicted octanol–water partition coefficient (Wildman–Crippen LogP) is 6.13. The molecule has 0 aromatic heterocycles. The first-order valence-electron chi connectivity index (χ1n) is 11.9. The number of hydrogen-bond donors (Lipinski definition) is 1. The van der Waals surface area contributed by atoms with E-state index in [0.717, 1.165) is 13.0 Å². The standard InChI is InChI=1S/C21H54N2O3Si5/c1-27(2,3)22-20(21(24)26-31(13,14)15)18-19(25-30(10,11)12)16-17-23(28(4,5)6)29(7,8)9/h19-20,22H,16-18H2,1-15H3. The van der Waals surface area contributed by atoms with Crippen LogP contribution < -0.4 is 4.98 Å². The zero-order chi connectivity index (χ0) is 25.1. The molecule has 0 aliphatic heterocycles. The molecule has 0 saturated carbocycles. The lowest BCUT2D eigenvalue weighted by Crippen LogP contribution is -2.60. The number of rotatable bonds is 13. The Bertz CT molecular complexity index is 556. The van der Waals surface area contributed by atoms with Crippen LogP contribution in [0.4, 0.5) is 0 Å². The third-order valence-corrected chi connectivity index (χ3v) is 15.4. The maximum atomic E-state index is 13.1. The second-order valence-electron chi connectivity index (χ2n) is 13.9. The molecule has 0 bridgehead atoms. The van der Waals surface area contributed by atoms with Gasteiger partial charge in [0.1, 0.15) is 30.7 Å². The van der Waals surface area contributed by atoms with Crippen LogP contribution in [0.1, 0.15) is 12.8 Å². The second-order valence-corrected chi connectivity index (χ2v) is 37.7. The van der Waals surface area contributed by atoms with Gasteiger partial charge in [-0.15, -0.1) is 0 Å². The number of carbonyl (C=O) groups is 1. The molecule has 0 rings (SSSR count). The topological polar surface area (TPSA) is 50.8 Å². The molecule has 31 heavy (non-hydrogen) atoms. The van der Waals surface area contributed by atoms with Crippen LogP contribution in [-0.2, 0) is 13.6 Å². The van der Waals surface area contributed by atoms with Crippen molar-refractivity contribution in [3.8, 4) is 0 Å². The highest BCUT2D eigenvalue weighted by Crippen LogP contribution is 2.24. The van der Waals surface area contributed by atoms with Crippen molar-refractivity contribution in [1.29, 1.82) is 0 Å². The Hall–Kier alpha value is 0.434. The van der Waals surface area contributed by atoms with Gasteiger partial charge < -0.3 is 18.1 Å². The van der Waals surface area contributed by atoms with Crippen LogP contribution in [0.5, 0.6) is 0 Å². The number of hydrogen-bond acceptors (Lipinski definition) is 5. The zero-order valence-corrected chi connectivity index (χ0v) is 28.4. The minimum absolute atomic E-state index is 0.0740. The molecule has 0 spiro atoms. The molecule has 186 valence electrons. The van der Waals surface area contributed by atoms with E-state index in [4.69, 9.17) is 8.85 Å². The van der Waals surface area contributed by atoms with E-state index in [0.29, 0.717) is 6.42 Å². The van der Waals surface area contributed by atoms with Crippen LogP contribution in [0.25, 0.3) is 0 Å². The normalized spacial score (nSPS) is 16.4. The maximum absolute atomic E-state index is 13.1. The van der Waals surface area contributed by atoms with E-state index in [2.05, 4.69) is 107 Å². The van der Waals surface area contributed by atoms with Gasteiger partial charge in [-0.2, -0.15) is 0 Å². The maximum Gasteiger partial charge on any atom is 0.309 e. The van der Waals surface area contributed by atoms with Gasteiger partial charge in [0.2, 0.25) is 8.32 Å². The van der Waals surface area contributed by atoms with E-state index in [1.165, 1.54) is 0 Å². The largest absolute Gasteiger partial charge is 0.519 e. The monoisotopic (exact) mass is 522 g/mol. The number of nitrogens with zero attached hydrogens (tertiary/aromatic N) is 1. The van der Waals surface area contributed by atoms with Crippen molar-refractivity contribution in [2.75, 3.05) is 6.54 Å². The van der Waals surface area contributed by atoms with Crippen molar-refractivity contribution in [3.63, 3.8) is 0 Å². The summed E-state index contributed by atoms with van der Waals surface area (Å²) in [5.74, 6) is -0.0852. The first-order valence-corrected chi connectivity index (χ1v) is 29.1. The van der Waals surface area contributed by atoms with Crippen molar-refractivity contribution in [2.24, 2.45) is 0 Å². The highest BCUT2D eigenvalue weighted by atomic mass is 28.4. The van der Waals surface area contributed by atoms with Gasteiger partial charge in [0, 0.05) is 6.10 Å². The van der Waals surface area contributed by atoms with Crippen LogP contribution >= 0.6 is 0 Å². The fourth-order valence-corrected chi connectivity index (χ4v) is 16.9. The van der Waals surface area contributed by atoms with Crippen LogP contribution in [0.2, 0.25) is 98.2 Å². The van der Waals surface area contributed by atoms with Crippen molar-refractivity contribution in [3.05, 3.63) is 0 Å². The summed E-state index contributed by atoms with van der Waals surface area (Å²) in [4.78, 5) is 16.8. The highest BCUT2D eigenvalue weighted by Gasteiger charge is 2.37. The highest BCUT2D eigenvalue weighted by molar-refractivity contribution is 6.89. The van der Waals surface area contributed by atoms with E-state index in [-0.39, 0.29) is 18.1 Å². The van der Waals surface area contributed by atoms with Gasteiger partial charge in [-0.3, -0.25) is 4.79 Å². The molecule has 0 aliphatic carbocycles. The van der Waals surface area contributed by atoms with Crippen LogP contribution in [0.3, 0.4) is 0 Å². The molecule has 1 N–H and O–H groups in total. The molecule has 2 unspecified atom stereocenters. The van der Waals surface area contributed by atoms with E-state index in [9.17, 15) is 4.79 Å². The lowest BCUT2D eigenvalue weighted by Gasteiger charge is -2.44. The minimum Gasteiger partial charge on any atom is -0.519 e. The van der Waals surface area contributed by atoms with E-state index >= 15 is 0 Å². The predicted molar refractivity (Wildman–Crippen MR) is 151 cm³/mol. The minimum atomic E-state index is -1.95. The van der Waals surface area contributed by atoms with Gasteiger partial charge in [-0.1, -0.05) is 58.9 Å². The number of nitrogens with one attached hydrogen (secondary N) is 1. The summed E-state index contributed by atoms with van der Waals surface area (Å²) in [7, 11) is -8.20. The second kappa shape index (κ2) is 11.2. The summed E-state index contributed by atoms with van der Waals surface area (Å²) in [6.07, 6.45) is 1.75. The quantitative estimate of drug-likeness (QED) is 0.295. The molecule has 0 aromatic rings.